The number of anilines is 1. The van der Waals surface area contributed by atoms with Crippen LogP contribution in [0.1, 0.15) is 42.9 Å². The highest BCUT2D eigenvalue weighted by Gasteiger charge is 2.31. The van der Waals surface area contributed by atoms with Gasteiger partial charge in [-0.2, -0.15) is 9.78 Å². The van der Waals surface area contributed by atoms with Crippen molar-refractivity contribution in [1.29, 1.82) is 0 Å². The largest absolute Gasteiger partial charge is 0.507 e. The van der Waals surface area contributed by atoms with Crippen LogP contribution in [0.3, 0.4) is 0 Å². The number of hydrogen-bond donors (Lipinski definition) is 3. The van der Waals surface area contributed by atoms with Gasteiger partial charge in [-0.05, 0) is 61.6 Å². The zero-order valence-corrected chi connectivity index (χ0v) is 19.2. The van der Waals surface area contributed by atoms with Gasteiger partial charge in [0.05, 0.1) is 21.4 Å². The van der Waals surface area contributed by atoms with Gasteiger partial charge in [0.15, 0.2) is 0 Å². The van der Waals surface area contributed by atoms with Crippen LogP contribution in [0.5, 0.6) is 5.75 Å². The molecule has 7 nitrogen and oxygen atoms in total. The molecule has 0 bridgehead atoms. The Morgan fingerprint density at radius 1 is 1.03 bits per heavy atom. The summed E-state index contributed by atoms with van der Waals surface area (Å²) >= 11 is 12.0. The van der Waals surface area contributed by atoms with Crippen LogP contribution in [0, 0.1) is 5.92 Å². The van der Waals surface area contributed by atoms with Crippen molar-refractivity contribution in [2.75, 3.05) is 5.32 Å². The van der Waals surface area contributed by atoms with E-state index in [4.69, 9.17) is 23.2 Å². The second-order valence-corrected chi connectivity index (χ2v) is 9.36. The number of carbonyl (C=O) groups is 2. The molecule has 0 saturated heterocycles. The molecule has 2 amide bonds. The number of nitrogens with zero attached hydrogens (tertiary/aromatic N) is 2. The van der Waals surface area contributed by atoms with E-state index >= 15 is 0 Å². The quantitative estimate of drug-likeness (QED) is 0.427. The Morgan fingerprint density at radius 3 is 2.48 bits per heavy atom. The third kappa shape index (κ3) is 4.84. The SMILES string of the molecule is O=C(Nc1ccc(-c2cc(C3CC3)n(C(=O)NCc3ccc(Cl)c(Cl)c3)n2)c(O)c1)C1CC1. The maximum Gasteiger partial charge on any atom is 0.342 e. The normalized spacial score (nSPS) is 15.3. The summed E-state index contributed by atoms with van der Waals surface area (Å²) in [5.41, 5.74) is 3.16. The van der Waals surface area contributed by atoms with E-state index in [1.54, 1.807) is 30.3 Å². The van der Waals surface area contributed by atoms with Gasteiger partial charge in [-0.3, -0.25) is 4.79 Å². The lowest BCUT2D eigenvalue weighted by Crippen LogP contribution is -2.30. The lowest BCUT2D eigenvalue weighted by atomic mass is 10.1. The summed E-state index contributed by atoms with van der Waals surface area (Å²) in [4.78, 5) is 24.9. The predicted molar refractivity (Wildman–Crippen MR) is 127 cm³/mol. The zero-order chi connectivity index (χ0) is 23.1. The molecule has 2 aliphatic carbocycles. The summed E-state index contributed by atoms with van der Waals surface area (Å²) in [6.45, 7) is 0.273. The smallest absolute Gasteiger partial charge is 0.342 e. The van der Waals surface area contributed by atoms with E-state index in [0.29, 0.717) is 27.0 Å². The average molecular weight is 485 g/mol. The second kappa shape index (κ2) is 8.72. The molecule has 0 spiro atoms. The Labute approximate surface area is 200 Å². The van der Waals surface area contributed by atoms with Crippen molar-refractivity contribution in [3.05, 3.63) is 63.8 Å². The lowest BCUT2D eigenvalue weighted by molar-refractivity contribution is -0.117. The van der Waals surface area contributed by atoms with Crippen LogP contribution in [0.4, 0.5) is 10.5 Å². The number of aromatic hydroxyl groups is 1. The van der Waals surface area contributed by atoms with E-state index in [1.807, 2.05) is 6.07 Å². The van der Waals surface area contributed by atoms with E-state index in [0.717, 1.165) is 36.9 Å². The van der Waals surface area contributed by atoms with Crippen LogP contribution in [-0.4, -0.2) is 26.8 Å². The summed E-state index contributed by atoms with van der Waals surface area (Å²) < 4.78 is 1.37. The van der Waals surface area contributed by atoms with Crippen molar-refractivity contribution in [2.45, 2.75) is 38.1 Å². The molecule has 0 radical (unpaired) electrons. The van der Waals surface area contributed by atoms with Gasteiger partial charge in [0.1, 0.15) is 5.75 Å². The minimum absolute atomic E-state index is 0.00759. The highest BCUT2D eigenvalue weighted by Crippen LogP contribution is 2.42. The summed E-state index contributed by atoms with van der Waals surface area (Å²) in [6, 6.07) is 11.6. The van der Waals surface area contributed by atoms with Crippen LogP contribution in [-0.2, 0) is 11.3 Å². The van der Waals surface area contributed by atoms with Crippen LogP contribution >= 0.6 is 23.2 Å². The van der Waals surface area contributed by atoms with Gasteiger partial charge >= 0.3 is 6.03 Å². The molecule has 0 aliphatic heterocycles. The van der Waals surface area contributed by atoms with Crippen molar-refractivity contribution in [2.24, 2.45) is 5.92 Å². The number of phenolic OH excluding ortho intramolecular Hbond substituents is 1. The molecular formula is C24H22Cl2N4O3. The summed E-state index contributed by atoms with van der Waals surface area (Å²) in [7, 11) is 0. The fraction of sp³-hybridized carbons (Fsp3) is 0.292. The minimum atomic E-state index is -0.359. The maximum absolute atomic E-state index is 12.9. The zero-order valence-electron chi connectivity index (χ0n) is 17.6. The number of nitrogens with one attached hydrogen (secondary N) is 2. The Kier molecular flexibility index (Phi) is 5.76. The molecule has 3 N–H and O–H groups in total. The molecule has 3 aromatic rings. The molecule has 1 heterocycles. The van der Waals surface area contributed by atoms with E-state index < -0.39 is 0 Å². The molecule has 0 atom stereocenters. The first-order valence-electron chi connectivity index (χ1n) is 10.9. The highest BCUT2D eigenvalue weighted by atomic mass is 35.5. The topological polar surface area (TPSA) is 96.3 Å². The van der Waals surface area contributed by atoms with Crippen LogP contribution < -0.4 is 10.6 Å². The molecule has 0 unspecified atom stereocenters. The Bertz CT molecular complexity index is 1250. The van der Waals surface area contributed by atoms with Gasteiger partial charge in [-0.1, -0.05) is 29.3 Å². The van der Waals surface area contributed by atoms with E-state index in [-0.39, 0.29) is 36.1 Å². The van der Waals surface area contributed by atoms with Gasteiger partial charge in [-0.25, -0.2) is 4.79 Å². The number of benzene rings is 2. The van der Waals surface area contributed by atoms with Crippen molar-refractivity contribution < 1.29 is 14.7 Å². The number of halogens is 2. The van der Waals surface area contributed by atoms with Crippen molar-refractivity contribution in [3.63, 3.8) is 0 Å². The van der Waals surface area contributed by atoms with Crippen molar-refractivity contribution in [1.82, 2.24) is 15.1 Å². The first-order chi connectivity index (χ1) is 15.9. The molecule has 1 aromatic heterocycles. The molecule has 2 aromatic carbocycles. The standard InChI is InChI=1S/C24H22Cl2N4O3/c25-18-8-1-13(9-19(18)26)12-27-24(33)30-21(14-2-3-14)11-20(29-30)17-7-6-16(10-22(17)31)28-23(32)15-4-5-15/h1,6-11,14-15,31H,2-5,12H2,(H,27,33)(H,28,32). The number of carbonyl (C=O) groups excluding carboxylic acids is 2. The second-order valence-electron chi connectivity index (χ2n) is 8.54. The molecule has 2 fully saturated rings. The van der Waals surface area contributed by atoms with Gasteiger partial charge < -0.3 is 15.7 Å². The number of hydrogen-bond acceptors (Lipinski definition) is 4. The van der Waals surface area contributed by atoms with E-state index in [1.165, 1.54) is 10.7 Å². The first kappa shape index (κ1) is 21.8. The van der Waals surface area contributed by atoms with Gasteiger partial charge in [0, 0.05) is 35.7 Å². The lowest BCUT2D eigenvalue weighted by Gasteiger charge is -2.09. The predicted octanol–water partition coefficient (Wildman–Crippen LogP) is 5.55. The first-order valence-corrected chi connectivity index (χ1v) is 11.6. The Balaban J connectivity index is 1.35. The molecule has 9 heteroatoms. The summed E-state index contributed by atoms with van der Waals surface area (Å²) in [5.74, 6) is 0.306. The molecule has 170 valence electrons. The van der Waals surface area contributed by atoms with Crippen molar-refractivity contribution >= 4 is 40.8 Å². The summed E-state index contributed by atoms with van der Waals surface area (Å²) in [6.07, 6.45) is 3.79. The van der Waals surface area contributed by atoms with Gasteiger partial charge in [0.2, 0.25) is 5.91 Å². The fourth-order valence-electron chi connectivity index (χ4n) is 3.68. The summed E-state index contributed by atoms with van der Waals surface area (Å²) in [5, 5.41) is 21.6. The van der Waals surface area contributed by atoms with Crippen LogP contribution in [0.15, 0.2) is 42.5 Å². The Hall–Kier alpha value is -3.03. The number of phenols is 1. The maximum atomic E-state index is 12.9. The van der Waals surface area contributed by atoms with Crippen LogP contribution in [0.25, 0.3) is 11.3 Å². The molecule has 2 aliphatic rings. The molecule has 2 saturated carbocycles. The third-order valence-corrected chi connectivity index (χ3v) is 6.58. The molecular weight excluding hydrogens is 463 g/mol. The van der Waals surface area contributed by atoms with E-state index in [9.17, 15) is 14.7 Å². The minimum Gasteiger partial charge on any atom is -0.507 e. The van der Waals surface area contributed by atoms with Gasteiger partial charge in [0.25, 0.3) is 0 Å². The molecule has 33 heavy (non-hydrogen) atoms. The number of aromatic nitrogens is 2. The average Bonchev–Trinajstić information content (AvgIpc) is 3.72. The van der Waals surface area contributed by atoms with E-state index in [2.05, 4.69) is 15.7 Å². The monoisotopic (exact) mass is 484 g/mol. The number of rotatable bonds is 6. The third-order valence-electron chi connectivity index (χ3n) is 5.84. The van der Waals surface area contributed by atoms with Crippen molar-refractivity contribution in [3.8, 4) is 17.0 Å². The fourth-order valence-corrected chi connectivity index (χ4v) is 4.00. The Morgan fingerprint density at radius 2 is 1.82 bits per heavy atom. The van der Waals surface area contributed by atoms with Crippen LogP contribution in [0.2, 0.25) is 10.0 Å². The molecule has 5 rings (SSSR count). The van der Waals surface area contributed by atoms with Gasteiger partial charge in [-0.15, -0.1) is 0 Å². The number of amides is 2. The highest BCUT2D eigenvalue weighted by molar-refractivity contribution is 6.42.